The minimum atomic E-state index is -3.74. The van der Waals surface area contributed by atoms with Crippen LogP contribution in [0, 0.1) is 11.7 Å². The predicted molar refractivity (Wildman–Crippen MR) is 142 cm³/mol. The monoisotopic (exact) mass is 568 g/mol. The Balaban J connectivity index is 1.14. The van der Waals surface area contributed by atoms with Crippen LogP contribution in [-0.4, -0.2) is 44.2 Å². The van der Waals surface area contributed by atoms with Crippen LogP contribution >= 0.6 is 23.2 Å². The normalized spacial score (nSPS) is 19.1. The van der Waals surface area contributed by atoms with Gasteiger partial charge in [-0.2, -0.15) is 0 Å². The lowest BCUT2D eigenvalue weighted by Crippen LogP contribution is -2.34. The Morgan fingerprint density at radius 1 is 1.00 bits per heavy atom. The number of carbonyl (C=O) groups excluding carboxylic acids is 1. The molecular weight excluding hydrogens is 538 g/mol. The maximum Gasteiger partial charge on any atom is 0.267 e. The van der Waals surface area contributed by atoms with E-state index in [1.165, 1.54) is 12.1 Å². The maximum absolute atomic E-state index is 14.9. The Morgan fingerprint density at radius 3 is 2.30 bits per heavy atom. The molecule has 1 N–H and O–H groups in total. The van der Waals surface area contributed by atoms with Crippen molar-refractivity contribution in [2.75, 3.05) is 19.7 Å². The van der Waals surface area contributed by atoms with Crippen LogP contribution < -0.4 is 9.46 Å². The van der Waals surface area contributed by atoms with E-state index in [1.807, 2.05) is 16.9 Å². The Morgan fingerprint density at radius 2 is 1.68 bits per heavy atom. The lowest BCUT2D eigenvalue weighted by molar-refractivity contribution is 0.0977. The van der Waals surface area contributed by atoms with Crippen LogP contribution in [0.2, 0.25) is 10.0 Å². The largest absolute Gasteiger partial charge is 0.493 e. The summed E-state index contributed by atoms with van der Waals surface area (Å²) in [5.41, 5.74) is 1.65. The molecule has 2 aliphatic carbocycles. The molecule has 1 amide bonds. The number of sulfonamides is 1. The first-order chi connectivity index (χ1) is 17.7. The molecule has 1 aliphatic heterocycles. The number of carbonyl (C=O) groups is 1. The summed E-state index contributed by atoms with van der Waals surface area (Å²) in [6, 6.07) is 8.35. The van der Waals surface area contributed by atoms with Crippen LogP contribution in [0.25, 0.3) is 0 Å². The number of nitrogens with zero attached hydrogens (tertiary/aromatic N) is 1. The number of nitrogens with one attached hydrogen (secondary N) is 1. The summed E-state index contributed by atoms with van der Waals surface area (Å²) in [7, 11) is -3.74. The van der Waals surface area contributed by atoms with Crippen molar-refractivity contribution in [2.24, 2.45) is 5.92 Å². The topological polar surface area (TPSA) is 75.7 Å². The molecule has 0 atom stereocenters. The maximum atomic E-state index is 14.9. The quantitative estimate of drug-likeness (QED) is 0.385. The number of hydrogen-bond donors (Lipinski definition) is 1. The van der Waals surface area contributed by atoms with Crippen LogP contribution in [0.5, 0.6) is 5.75 Å². The van der Waals surface area contributed by atoms with Gasteiger partial charge in [0.25, 0.3) is 5.91 Å². The SMILES string of the molecule is O=C(NS(=O)(=O)C1CC1)c1cc(C2CC2)c(OCCC2CCN(Cc3cc(Cl)cc(Cl)c3)CC2)cc1F. The standard InChI is InChI=1S/C27H31Cl2FN2O4S/c28-20-11-18(12-21(29)13-20)16-32-8-5-17(6-9-32)7-10-36-26-15-25(30)24(14-23(26)19-1-2-19)27(33)31-37(34,35)22-3-4-22/h11-15,17,19,22H,1-10,16H2,(H,31,33). The Labute approximate surface area is 227 Å². The zero-order valence-corrected chi connectivity index (χ0v) is 22.8. The van der Waals surface area contributed by atoms with Crippen molar-refractivity contribution in [1.82, 2.24) is 9.62 Å². The van der Waals surface area contributed by atoms with Gasteiger partial charge in [0.15, 0.2) is 0 Å². The van der Waals surface area contributed by atoms with Crippen LogP contribution in [-0.2, 0) is 16.6 Å². The third kappa shape index (κ3) is 6.96. The van der Waals surface area contributed by atoms with Gasteiger partial charge in [-0.05, 0) is 105 Å². The second-order valence-corrected chi connectivity index (χ2v) is 13.3. The highest BCUT2D eigenvalue weighted by atomic mass is 35.5. The third-order valence-corrected chi connectivity index (χ3v) is 9.63. The van der Waals surface area contributed by atoms with Crippen molar-refractivity contribution in [2.45, 2.75) is 62.7 Å². The van der Waals surface area contributed by atoms with Gasteiger partial charge in [0.1, 0.15) is 11.6 Å². The molecule has 1 saturated heterocycles. The molecule has 37 heavy (non-hydrogen) atoms. The minimum Gasteiger partial charge on any atom is -0.493 e. The van der Waals surface area contributed by atoms with Crippen molar-refractivity contribution < 1.29 is 22.3 Å². The molecule has 10 heteroatoms. The minimum absolute atomic E-state index is 0.213. The van der Waals surface area contributed by atoms with Gasteiger partial charge in [-0.1, -0.05) is 23.2 Å². The van der Waals surface area contributed by atoms with Crippen LogP contribution in [0.1, 0.15) is 72.3 Å². The van der Waals surface area contributed by atoms with Gasteiger partial charge in [0.2, 0.25) is 10.0 Å². The van der Waals surface area contributed by atoms with E-state index >= 15 is 0 Å². The fourth-order valence-electron chi connectivity index (χ4n) is 4.96. The van der Waals surface area contributed by atoms with Crippen LogP contribution in [0.15, 0.2) is 30.3 Å². The van der Waals surface area contributed by atoms with Crippen molar-refractivity contribution in [3.63, 3.8) is 0 Å². The Hall–Kier alpha value is -1.87. The summed E-state index contributed by atoms with van der Waals surface area (Å²) in [5, 5.41) is 0.745. The van der Waals surface area contributed by atoms with E-state index in [4.69, 9.17) is 27.9 Å². The van der Waals surface area contributed by atoms with Gasteiger partial charge in [0, 0.05) is 22.7 Å². The van der Waals surface area contributed by atoms with Crippen molar-refractivity contribution in [3.05, 3.63) is 62.9 Å². The van der Waals surface area contributed by atoms with Gasteiger partial charge in [-0.15, -0.1) is 0 Å². The summed E-state index contributed by atoms with van der Waals surface area (Å²) >= 11 is 12.2. The van der Waals surface area contributed by atoms with Crippen molar-refractivity contribution in [1.29, 1.82) is 0 Å². The van der Waals surface area contributed by atoms with Crippen molar-refractivity contribution in [3.8, 4) is 5.75 Å². The number of halogens is 3. The molecule has 0 radical (unpaired) electrons. The highest BCUT2D eigenvalue weighted by molar-refractivity contribution is 7.91. The summed E-state index contributed by atoms with van der Waals surface area (Å²) in [4.78, 5) is 14.9. The summed E-state index contributed by atoms with van der Waals surface area (Å²) in [5.74, 6) is -0.490. The first-order valence-electron chi connectivity index (χ1n) is 12.9. The van der Waals surface area contributed by atoms with Gasteiger partial charge >= 0.3 is 0 Å². The highest BCUT2D eigenvalue weighted by Crippen LogP contribution is 2.45. The molecule has 2 aromatic rings. The van der Waals surface area contributed by atoms with Crippen molar-refractivity contribution >= 4 is 39.1 Å². The number of ether oxygens (including phenoxy) is 1. The van der Waals surface area contributed by atoms with Gasteiger partial charge in [-0.25, -0.2) is 17.5 Å². The zero-order valence-electron chi connectivity index (χ0n) is 20.5. The number of piperidine rings is 1. The fraction of sp³-hybridized carbons (Fsp3) is 0.519. The molecule has 1 heterocycles. The highest BCUT2D eigenvalue weighted by Gasteiger charge is 2.38. The molecule has 2 saturated carbocycles. The molecule has 5 rings (SSSR count). The number of amides is 1. The summed E-state index contributed by atoms with van der Waals surface area (Å²) in [6.45, 7) is 3.24. The molecule has 0 unspecified atom stereocenters. The predicted octanol–water partition coefficient (Wildman–Crippen LogP) is 5.91. The number of likely N-dealkylation sites (tertiary alicyclic amines) is 1. The van der Waals surface area contributed by atoms with E-state index in [9.17, 15) is 17.6 Å². The number of hydrogen-bond acceptors (Lipinski definition) is 5. The Bertz CT molecular complexity index is 1250. The molecule has 3 aliphatic rings. The van der Waals surface area contributed by atoms with E-state index in [1.54, 1.807) is 6.07 Å². The first kappa shape index (κ1) is 26.7. The van der Waals surface area contributed by atoms with Crippen LogP contribution in [0.3, 0.4) is 0 Å². The molecule has 200 valence electrons. The lowest BCUT2D eigenvalue weighted by Gasteiger charge is -2.32. The fourth-order valence-corrected chi connectivity index (χ4v) is 6.82. The van der Waals surface area contributed by atoms with Gasteiger partial charge in [-0.3, -0.25) is 9.69 Å². The van der Waals surface area contributed by atoms with E-state index in [0.29, 0.717) is 41.2 Å². The number of benzene rings is 2. The molecule has 0 aromatic heterocycles. The molecule has 3 fully saturated rings. The average Bonchev–Trinajstić information content (AvgIpc) is 3.72. The van der Waals surface area contributed by atoms with E-state index in [2.05, 4.69) is 4.90 Å². The first-order valence-corrected chi connectivity index (χ1v) is 15.2. The lowest BCUT2D eigenvalue weighted by atomic mass is 9.93. The van der Waals surface area contributed by atoms with E-state index < -0.39 is 27.0 Å². The van der Waals surface area contributed by atoms with E-state index in [0.717, 1.165) is 62.9 Å². The molecule has 2 aromatic carbocycles. The van der Waals surface area contributed by atoms with Crippen LogP contribution in [0.4, 0.5) is 4.39 Å². The molecule has 0 bridgehead atoms. The third-order valence-electron chi connectivity index (χ3n) is 7.38. The Kier molecular flexibility index (Phi) is 8.01. The molecule has 6 nitrogen and oxygen atoms in total. The summed E-state index contributed by atoms with van der Waals surface area (Å²) in [6.07, 6.45) is 5.91. The van der Waals surface area contributed by atoms with Gasteiger partial charge in [0.05, 0.1) is 17.4 Å². The smallest absolute Gasteiger partial charge is 0.267 e. The van der Waals surface area contributed by atoms with E-state index in [-0.39, 0.29) is 11.5 Å². The zero-order chi connectivity index (χ0) is 26.2. The molecular formula is C27H31Cl2FN2O4S. The number of rotatable bonds is 10. The second kappa shape index (κ2) is 11.1. The summed E-state index contributed by atoms with van der Waals surface area (Å²) < 4.78 is 47.1. The second-order valence-electron chi connectivity index (χ2n) is 10.5. The molecule has 0 spiro atoms. The van der Waals surface area contributed by atoms with Gasteiger partial charge < -0.3 is 4.74 Å². The average molecular weight is 570 g/mol.